The van der Waals surface area contributed by atoms with E-state index in [4.69, 9.17) is 0 Å². The van der Waals surface area contributed by atoms with E-state index in [0.29, 0.717) is 5.25 Å². The molecule has 1 aromatic rings. The van der Waals surface area contributed by atoms with E-state index < -0.39 is 0 Å². The zero-order valence-corrected chi connectivity index (χ0v) is 11.5. The highest BCUT2D eigenvalue weighted by Crippen LogP contribution is 2.23. The van der Waals surface area contributed by atoms with Gasteiger partial charge >= 0.3 is 0 Å². The highest BCUT2D eigenvalue weighted by molar-refractivity contribution is 8.00. The quantitative estimate of drug-likeness (QED) is 0.789. The van der Waals surface area contributed by atoms with Crippen LogP contribution in [0.5, 0.6) is 0 Å². The third-order valence-electron chi connectivity index (χ3n) is 3.38. The van der Waals surface area contributed by atoms with Crippen molar-refractivity contribution in [3.8, 4) is 0 Å². The van der Waals surface area contributed by atoms with Crippen molar-refractivity contribution in [3.63, 3.8) is 0 Å². The predicted octanol–water partition coefficient (Wildman–Crippen LogP) is 4.09. The topological polar surface area (TPSA) is 12.0 Å². The molecule has 1 N–H and O–H groups in total. The minimum absolute atomic E-state index is 0.652. The molecule has 17 heavy (non-hydrogen) atoms. The summed E-state index contributed by atoms with van der Waals surface area (Å²) in [7, 11) is 0. The maximum absolute atomic E-state index is 3.72. The predicted molar refractivity (Wildman–Crippen MR) is 76.6 cm³/mol. The molecule has 1 atom stereocenters. The first kappa shape index (κ1) is 13.0. The fourth-order valence-electron chi connectivity index (χ4n) is 2.41. The van der Waals surface area contributed by atoms with E-state index in [2.05, 4.69) is 42.6 Å². The van der Waals surface area contributed by atoms with E-state index in [-0.39, 0.29) is 0 Å². The Bertz CT molecular complexity index is 306. The van der Waals surface area contributed by atoms with Crippen LogP contribution in [-0.2, 0) is 0 Å². The van der Waals surface area contributed by atoms with Gasteiger partial charge in [-0.15, -0.1) is 11.8 Å². The lowest BCUT2D eigenvalue weighted by atomic mass is 9.95. The van der Waals surface area contributed by atoms with E-state index in [0.717, 1.165) is 12.6 Å². The Hall–Kier alpha value is -0.470. The molecule has 0 spiro atoms. The Morgan fingerprint density at radius 2 is 1.88 bits per heavy atom. The number of hydrogen-bond acceptors (Lipinski definition) is 2. The molecule has 0 aliphatic heterocycles. The van der Waals surface area contributed by atoms with E-state index >= 15 is 0 Å². The van der Waals surface area contributed by atoms with Crippen molar-refractivity contribution >= 4 is 11.8 Å². The minimum Gasteiger partial charge on any atom is -0.313 e. The molecule has 2 heteroatoms. The molecule has 0 bridgehead atoms. The average Bonchev–Trinajstić information content (AvgIpc) is 2.39. The fourth-order valence-corrected chi connectivity index (χ4v) is 3.37. The van der Waals surface area contributed by atoms with Crippen molar-refractivity contribution in [1.82, 2.24) is 5.32 Å². The molecule has 0 heterocycles. The first-order valence-corrected chi connectivity index (χ1v) is 7.67. The number of benzene rings is 1. The van der Waals surface area contributed by atoms with Gasteiger partial charge in [0.25, 0.3) is 0 Å². The van der Waals surface area contributed by atoms with Crippen LogP contribution >= 0.6 is 11.8 Å². The zero-order valence-electron chi connectivity index (χ0n) is 10.7. The van der Waals surface area contributed by atoms with Crippen LogP contribution in [-0.4, -0.2) is 17.8 Å². The second-order valence-corrected chi connectivity index (χ2v) is 6.50. The van der Waals surface area contributed by atoms with Gasteiger partial charge in [0.1, 0.15) is 0 Å². The third kappa shape index (κ3) is 4.72. The Kier molecular flexibility index (Phi) is 5.40. The van der Waals surface area contributed by atoms with Gasteiger partial charge < -0.3 is 5.32 Å². The summed E-state index contributed by atoms with van der Waals surface area (Å²) < 4.78 is 0. The average molecular weight is 249 g/mol. The number of rotatable bonds is 5. The molecule has 0 amide bonds. The zero-order chi connectivity index (χ0) is 11.9. The van der Waals surface area contributed by atoms with Crippen LogP contribution in [0.2, 0.25) is 0 Å². The van der Waals surface area contributed by atoms with Crippen molar-refractivity contribution in [1.29, 1.82) is 0 Å². The van der Waals surface area contributed by atoms with Gasteiger partial charge in [-0.2, -0.15) is 0 Å². The summed E-state index contributed by atoms with van der Waals surface area (Å²) in [6.07, 6.45) is 7.02. The maximum atomic E-state index is 3.72. The second-order valence-electron chi connectivity index (χ2n) is 4.98. The Labute approximate surface area is 109 Å². The summed E-state index contributed by atoms with van der Waals surface area (Å²) in [6, 6.07) is 11.5. The van der Waals surface area contributed by atoms with Crippen LogP contribution < -0.4 is 5.32 Å². The molecule has 1 fully saturated rings. The molecule has 1 aromatic carbocycles. The molecule has 1 aliphatic rings. The molecule has 0 aromatic heterocycles. The molecule has 1 saturated carbocycles. The summed E-state index contributed by atoms with van der Waals surface area (Å²) in [5.74, 6) is 0. The largest absolute Gasteiger partial charge is 0.313 e. The van der Waals surface area contributed by atoms with Gasteiger partial charge in [0.15, 0.2) is 0 Å². The summed E-state index contributed by atoms with van der Waals surface area (Å²) in [6.45, 7) is 3.44. The maximum Gasteiger partial charge on any atom is 0.0191 e. The number of thioether (sulfide) groups is 1. The van der Waals surface area contributed by atoms with Crippen LogP contribution in [0.25, 0.3) is 0 Å². The second kappa shape index (κ2) is 7.07. The van der Waals surface area contributed by atoms with Crippen molar-refractivity contribution in [2.45, 2.75) is 55.2 Å². The van der Waals surface area contributed by atoms with Crippen LogP contribution in [0.3, 0.4) is 0 Å². The molecule has 1 aliphatic carbocycles. The van der Waals surface area contributed by atoms with Gasteiger partial charge in [0.2, 0.25) is 0 Å². The minimum atomic E-state index is 0.652. The van der Waals surface area contributed by atoms with Crippen LogP contribution in [0.1, 0.15) is 39.0 Å². The molecule has 0 saturated heterocycles. The Balaban J connectivity index is 1.68. The lowest BCUT2D eigenvalue weighted by Crippen LogP contribution is -2.35. The van der Waals surface area contributed by atoms with Crippen molar-refractivity contribution < 1.29 is 0 Å². The van der Waals surface area contributed by atoms with E-state index in [9.17, 15) is 0 Å². The van der Waals surface area contributed by atoms with Crippen LogP contribution in [0.4, 0.5) is 0 Å². The normalized spacial score (nSPS) is 19.1. The van der Waals surface area contributed by atoms with Crippen molar-refractivity contribution in [2.24, 2.45) is 0 Å². The van der Waals surface area contributed by atoms with Gasteiger partial charge in [0.05, 0.1) is 0 Å². The molecular weight excluding hydrogens is 226 g/mol. The van der Waals surface area contributed by atoms with E-state index in [1.807, 2.05) is 11.8 Å². The standard InChI is InChI=1S/C15H23NS/c1-13(17-15-10-6-3-7-11-15)12-16-14-8-4-2-5-9-14/h3,6-7,10-11,13-14,16H,2,4-5,8-9,12H2,1H3. The van der Waals surface area contributed by atoms with Gasteiger partial charge in [-0.1, -0.05) is 44.4 Å². The Morgan fingerprint density at radius 3 is 2.59 bits per heavy atom. The smallest absolute Gasteiger partial charge is 0.0191 e. The summed E-state index contributed by atoms with van der Waals surface area (Å²) >= 11 is 1.97. The van der Waals surface area contributed by atoms with Crippen molar-refractivity contribution in [2.75, 3.05) is 6.54 Å². The van der Waals surface area contributed by atoms with E-state index in [1.165, 1.54) is 37.0 Å². The summed E-state index contributed by atoms with van der Waals surface area (Å²) in [4.78, 5) is 1.38. The molecule has 1 unspecified atom stereocenters. The lowest BCUT2D eigenvalue weighted by Gasteiger charge is -2.24. The summed E-state index contributed by atoms with van der Waals surface area (Å²) in [5.41, 5.74) is 0. The van der Waals surface area contributed by atoms with Gasteiger partial charge in [-0.25, -0.2) is 0 Å². The first-order valence-electron chi connectivity index (χ1n) is 6.79. The third-order valence-corrected chi connectivity index (χ3v) is 4.49. The fraction of sp³-hybridized carbons (Fsp3) is 0.600. The number of hydrogen-bond donors (Lipinski definition) is 1. The highest BCUT2D eigenvalue weighted by Gasteiger charge is 2.13. The monoisotopic (exact) mass is 249 g/mol. The lowest BCUT2D eigenvalue weighted by molar-refractivity contribution is 0.375. The Morgan fingerprint density at radius 1 is 1.18 bits per heavy atom. The van der Waals surface area contributed by atoms with Gasteiger partial charge in [0, 0.05) is 22.7 Å². The molecule has 0 radical (unpaired) electrons. The van der Waals surface area contributed by atoms with Gasteiger partial charge in [-0.05, 0) is 25.0 Å². The molecule has 94 valence electrons. The SMILES string of the molecule is CC(CNC1CCCCC1)Sc1ccccc1. The highest BCUT2D eigenvalue weighted by atomic mass is 32.2. The molecular formula is C15H23NS. The molecule has 1 nitrogen and oxygen atoms in total. The van der Waals surface area contributed by atoms with Gasteiger partial charge in [-0.3, -0.25) is 0 Å². The number of nitrogens with one attached hydrogen (secondary N) is 1. The first-order chi connectivity index (χ1) is 8.34. The molecule has 2 rings (SSSR count). The summed E-state index contributed by atoms with van der Waals surface area (Å²) in [5, 5.41) is 4.37. The van der Waals surface area contributed by atoms with Crippen molar-refractivity contribution in [3.05, 3.63) is 30.3 Å². The van der Waals surface area contributed by atoms with Crippen LogP contribution in [0, 0.1) is 0 Å². The van der Waals surface area contributed by atoms with E-state index in [1.54, 1.807) is 0 Å². The van der Waals surface area contributed by atoms with Crippen LogP contribution in [0.15, 0.2) is 35.2 Å².